The van der Waals surface area contributed by atoms with E-state index in [4.69, 9.17) is 10.5 Å². The number of anilines is 1. The van der Waals surface area contributed by atoms with E-state index < -0.39 is 0 Å². The highest BCUT2D eigenvalue weighted by Crippen LogP contribution is 2.29. The molecule has 2 heterocycles. The van der Waals surface area contributed by atoms with Crippen molar-refractivity contribution in [1.82, 2.24) is 4.90 Å². The third-order valence-corrected chi connectivity index (χ3v) is 5.07. The van der Waals surface area contributed by atoms with Gasteiger partial charge in [0.1, 0.15) is 5.75 Å². The first-order valence-corrected chi connectivity index (χ1v) is 9.11. The fourth-order valence-electron chi connectivity index (χ4n) is 3.68. The van der Waals surface area contributed by atoms with E-state index in [2.05, 4.69) is 0 Å². The van der Waals surface area contributed by atoms with Gasteiger partial charge in [-0.1, -0.05) is 0 Å². The first-order valence-electron chi connectivity index (χ1n) is 9.11. The van der Waals surface area contributed by atoms with Crippen molar-refractivity contribution in [3.63, 3.8) is 0 Å². The molecule has 3 amide bonds. The van der Waals surface area contributed by atoms with E-state index in [1.165, 1.54) is 0 Å². The van der Waals surface area contributed by atoms with Crippen LogP contribution in [0.3, 0.4) is 0 Å². The van der Waals surface area contributed by atoms with Gasteiger partial charge in [0.05, 0.1) is 18.4 Å². The molecule has 2 aliphatic heterocycles. The zero-order valence-electron chi connectivity index (χ0n) is 15.0. The molecule has 0 saturated carbocycles. The Morgan fingerprint density at radius 2 is 1.92 bits per heavy atom. The van der Waals surface area contributed by atoms with Crippen LogP contribution in [-0.2, 0) is 14.4 Å². The van der Waals surface area contributed by atoms with E-state index in [1.807, 2.05) is 31.2 Å². The second-order valence-corrected chi connectivity index (χ2v) is 6.86. The number of likely N-dealkylation sites (tertiary alicyclic amines) is 1. The summed E-state index contributed by atoms with van der Waals surface area (Å²) in [7, 11) is 0. The average Bonchev–Trinajstić information content (AvgIpc) is 3.04. The fraction of sp³-hybridized carbons (Fsp3) is 0.526. The minimum absolute atomic E-state index is 0.0577. The number of carbonyl (C=O) groups is 3. The number of primary amides is 1. The van der Waals surface area contributed by atoms with E-state index in [0.29, 0.717) is 26.2 Å². The number of hydrogen-bond donors (Lipinski definition) is 1. The van der Waals surface area contributed by atoms with Crippen LogP contribution in [0, 0.1) is 11.8 Å². The molecule has 0 bridgehead atoms. The summed E-state index contributed by atoms with van der Waals surface area (Å²) in [4.78, 5) is 40.0. The number of benzene rings is 1. The Kier molecular flexibility index (Phi) is 5.44. The van der Waals surface area contributed by atoms with Crippen molar-refractivity contribution in [2.24, 2.45) is 17.6 Å². The molecule has 140 valence electrons. The highest BCUT2D eigenvalue weighted by molar-refractivity contribution is 6.00. The normalized spacial score (nSPS) is 23.2. The lowest BCUT2D eigenvalue weighted by Crippen LogP contribution is -2.46. The van der Waals surface area contributed by atoms with Gasteiger partial charge in [-0.05, 0) is 44.0 Å². The van der Waals surface area contributed by atoms with E-state index in [-0.39, 0.29) is 36.0 Å². The highest BCUT2D eigenvalue weighted by atomic mass is 16.5. The zero-order chi connectivity index (χ0) is 18.7. The van der Waals surface area contributed by atoms with Gasteiger partial charge in [-0.25, -0.2) is 0 Å². The van der Waals surface area contributed by atoms with Gasteiger partial charge in [-0.2, -0.15) is 0 Å². The third-order valence-electron chi connectivity index (χ3n) is 5.07. The van der Waals surface area contributed by atoms with Crippen LogP contribution in [0.15, 0.2) is 24.3 Å². The maximum absolute atomic E-state index is 12.8. The standard InChI is InChI=1S/C19H25N3O4/c1-2-26-16-7-5-15(6-8-16)22-12-14(10-17(22)23)19(25)21-9-3-4-13(11-21)18(20)24/h5-8,13-14H,2-4,9-12H2,1H3,(H2,20,24). The van der Waals surface area contributed by atoms with E-state index in [0.717, 1.165) is 24.3 Å². The first-order chi connectivity index (χ1) is 12.5. The molecule has 2 fully saturated rings. The van der Waals surface area contributed by atoms with E-state index in [9.17, 15) is 14.4 Å². The Labute approximate surface area is 153 Å². The first kappa shape index (κ1) is 18.2. The maximum atomic E-state index is 12.8. The molecule has 2 saturated heterocycles. The number of ether oxygens (including phenoxy) is 1. The second kappa shape index (κ2) is 7.76. The molecule has 2 unspecified atom stereocenters. The monoisotopic (exact) mass is 359 g/mol. The summed E-state index contributed by atoms with van der Waals surface area (Å²) in [6, 6.07) is 7.31. The van der Waals surface area contributed by atoms with Crippen LogP contribution in [0.1, 0.15) is 26.2 Å². The Bertz CT molecular complexity index is 689. The largest absolute Gasteiger partial charge is 0.494 e. The van der Waals surface area contributed by atoms with Gasteiger partial charge in [0.15, 0.2) is 0 Å². The molecular formula is C19H25N3O4. The van der Waals surface area contributed by atoms with Gasteiger partial charge < -0.3 is 20.3 Å². The SMILES string of the molecule is CCOc1ccc(N2CC(C(=O)N3CCCC(C(N)=O)C3)CC2=O)cc1. The Hall–Kier alpha value is -2.57. The highest BCUT2D eigenvalue weighted by Gasteiger charge is 2.38. The smallest absolute Gasteiger partial charge is 0.228 e. The van der Waals surface area contributed by atoms with Crippen molar-refractivity contribution >= 4 is 23.4 Å². The molecule has 1 aromatic carbocycles. The maximum Gasteiger partial charge on any atom is 0.228 e. The molecule has 0 radical (unpaired) electrons. The number of piperidine rings is 1. The van der Waals surface area contributed by atoms with Gasteiger partial charge >= 0.3 is 0 Å². The van der Waals surface area contributed by atoms with Crippen LogP contribution in [0.2, 0.25) is 0 Å². The molecule has 3 rings (SSSR count). The molecule has 2 atom stereocenters. The van der Waals surface area contributed by atoms with Gasteiger partial charge in [0.2, 0.25) is 17.7 Å². The number of rotatable bonds is 5. The molecule has 7 nitrogen and oxygen atoms in total. The van der Waals surface area contributed by atoms with Crippen molar-refractivity contribution in [2.45, 2.75) is 26.2 Å². The van der Waals surface area contributed by atoms with Crippen LogP contribution in [0.4, 0.5) is 5.69 Å². The molecule has 1 aromatic rings. The quantitative estimate of drug-likeness (QED) is 0.854. The van der Waals surface area contributed by atoms with Gasteiger partial charge in [0, 0.05) is 31.7 Å². The topological polar surface area (TPSA) is 92.9 Å². The number of hydrogen-bond acceptors (Lipinski definition) is 4. The average molecular weight is 359 g/mol. The van der Waals surface area contributed by atoms with Crippen molar-refractivity contribution in [1.29, 1.82) is 0 Å². The van der Waals surface area contributed by atoms with Crippen LogP contribution >= 0.6 is 0 Å². The Balaban J connectivity index is 1.65. The lowest BCUT2D eigenvalue weighted by atomic mass is 9.96. The Morgan fingerprint density at radius 3 is 2.58 bits per heavy atom. The lowest BCUT2D eigenvalue weighted by Gasteiger charge is -2.32. The van der Waals surface area contributed by atoms with Crippen LogP contribution in [-0.4, -0.2) is 48.9 Å². The van der Waals surface area contributed by atoms with Crippen molar-refractivity contribution in [3.05, 3.63) is 24.3 Å². The van der Waals surface area contributed by atoms with Crippen LogP contribution in [0.25, 0.3) is 0 Å². The van der Waals surface area contributed by atoms with E-state index >= 15 is 0 Å². The summed E-state index contributed by atoms with van der Waals surface area (Å²) in [5, 5.41) is 0. The third kappa shape index (κ3) is 3.81. The zero-order valence-corrected chi connectivity index (χ0v) is 15.0. The number of nitrogens with two attached hydrogens (primary N) is 1. The number of nitrogens with zero attached hydrogens (tertiary/aromatic N) is 2. The molecule has 0 spiro atoms. The second-order valence-electron chi connectivity index (χ2n) is 6.86. The van der Waals surface area contributed by atoms with Crippen molar-refractivity contribution < 1.29 is 19.1 Å². The van der Waals surface area contributed by atoms with Gasteiger partial charge in [-0.3, -0.25) is 14.4 Å². The van der Waals surface area contributed by atoms with Gasteiger partial charge in [-0.15, -0.1) is 0 Å². The molecule has 2 aliphatic rings. The summed E-state index contributed by atoms with van der Waals surface area (Å²) < 4.78 is 5.42. The molecular weight excluding hydrogens is 334 g/mol. The molecule has 0 aliphatic carbocycles. The van der Waals surface area contributed by atoms with Gasteiger partial charge in [0.25, 0.3) is 0 Å². The Morgan fingerprint density at radius 1 is 1.19 bits per heavy atom. The number of carbonyl (C=O) groups excluding carboxylic acids is 3. The fourth-order valence-corrected chi connectivity index (χ4v) is 3.68. The number of amides is 3. The summed E-state index contributed by atoms with van der Waals surface area (Å²) in [6.45, 7) is 3.85. The van der Waals surface area contributed by atoms with E-state index in [1.54, 1.807) is 9.80 Å². The molecule has 0 aromatic heterocycles. The minimum atomic E-state index is -0.374. The van der Waals surface area contributed by atoms with Crippen molar-refractivity contribution in [2.75, 3.05) is 31.1 Å². The molecule has 26 heavy (non-hydrogen) atoms. The predicted octanol–water partition coefficient (Wildman–Crippen LogP) is 1.16. The summed E-state index contributed by atoms with van der Waals surface area (Å²) in [6.07, 6.45) is 1.69. The summed E-state index contributed by atoms with van der Waals surface area (Å²) >= 11 is 0. The molecule has 7 heteroatoms. The predicted molar refractivity (Wildman–Crippen MR) is 96.6 cm³/mol. The minimum Gasteiger partial charge on any atom is -0.494 e. The summed E-state index contributed by atoms with van der Waals surface area (Å²) in [5.41, 5.74) is 6.15. The lowest BCUT2D eigenvalue weighted by molar-refractivity contribution is -0.139. The van der Waals surface area contributed by atoms with Crippen LogP contribution in [0.5, 0.6) is 5.75 Å². The van der Waals surface area contributed by atoms with Crippen molar-refractivity contribution in [3.8, 4) is 5.75 Å². The summed E-state index contributed by atoms with van der Waals surface area (Å²) in [5.74, 6) is -0.385. The van der Waals surface area contributed by atoms with Crippen LogP contribution < -0.4 is 15.4 Å². The molecule has 2 N–H and O–H groups in total.